The lowest BCUT2D eigenvalue weighted by molar-refractivity contribution is -0.327. The van der Waals surface area contributed by atoms with Crippen LogP contribution in [-0.4, -0.2) is 99.1 Å². The van der Waals surface area contributed by atoms with Gasteiger partial charge in [-0.25, -0.2) is 4.79 Å². The van der Waals surface area contributed by atoms with Gasteiger partial charge in [-0.3, -0.25) is 9.59 Å². The van der Waals surface area contributed by atoms with Gasteiger partial charge in [-0.05, 0) is 105 Å². The highest BCUT2D eigenvalue weighted by Gasteiger charge is 2.70. The van der Waals surface area contributed by atoms with Gasteiger partial charge in [0.15, 0.2) is 12.4 Å². The van der Waals surface area contributed by atoms with Crippen LogP contribution < -0.4 is 0 Å². The molecule has 1 saturated heterocycles. The topological polar surface area (TPSA) is 200 Å². The largest absolute Gasteiger partial charge is 0.481 e. The fraction of sp³-hybridized carbons (Fsp3) is 0.865. The van der Waals surface area contributed by atoms with E-state index in [1.807, 2.05) is 13.8 Å². The third-order valence-corrected chi connectivity index (χ3v) is 15.7. The third-order valence-electron chi connectivity index (χ3n) is 15.7. The van der Waals surface area contributed by atoms with Crippen molar-refractivity contribution in [2.45, 2.75) is 136 Å². The van der Waals surface area contributed by atoms with Gasteiger partial charge in [0.25, 0.3) is 0 Å². The molecule has 0 amide bonds. The predicted octanol–water partition coefficient (Wildman–Crippen LogP) is 3.28. The first kappa shape index (κ1) is 36.7. The Morgan fingerprint density at radius 1 is 0.878 bits per heavy atom. The van der Waals surface area contributed by atoms with E-state index < -0.39 is 65.0 Å². The van der Waals surface area contributed by atoms with Crippen LogP contribution >= 0.6 is 0 Å². The maximum Gasteiger partial charge on any atom is 0.335 e. The molecule has 1 aliphatic heterocycles. The van der Waals surface area contributed by atoms with Crippen molar-refractivity contribution >= 4 is 17.9 Å². The van der Waals surface area contributed by atoms with Crippen LogP contribution in [0.15, 0.2) is 11.6 Å². The second kappa shape index (κ2) is 12.0. The standard InChI is InChI=1S/C37H56O12/c1-32(31(46)47-6)13-15-37(30(44)45)16-14-35(4)19(20(37)17-32)7-8-22-33(2)11-10-23(34(3,18-38)21(33)9-12-36(22,35)5)48-29-26(41)24(39)25(40)27(49-29)28(42)43/h7,20-27,29,38-41H,8-18H2,1-6H3,(H,42,43)(H,44,45)/t20-,21+,22+,23-,24-,25-,26+,27-,29+,32-,33-,34-,35+,36+,37-/m0/s1. The zero-order valence-electron chi connectivity index (χ0n) is 29.7. The fourth-order valence-corrected chi connectivity index (χ4v) is 12.5. The normalized spacial score (nSPS) is 52.4. The molecule has 6 N–H and O–H groups in total. The maximum absolute atomic E-state index is 13.1. The van der Waals surface area contributed by atoms with E-state index in [0.29, 0.717) is 32.1 Å². The zero-order valence-corrected chi connectivity index (χ0v) is 29.7. The summed E-state index contributed by atoms with van der Waals surface area (Å²) < 4.78 is 17.0. The Morgan fingerprint density at radius 3 is 2.16 bits per heavy atom. The van der Waals surface area contributed by atoms with E-state index in [-0.39, 0.29) is 46.6 Å². The van der Waals surface area contributed by atoms with Crippen LogP contribution in [0.25, 0.3) is 0 Å². The van der Waals surface area contributed by atoms with E-state index in [9.17, 15) is 45.0 Å². The second-order valence-electron chi connectivity index (χ2n) is 17.6. The van der Waals surface area contributed by atoms with Gasteiger partial charge in [0.05, 0.1) is 30.7 Å². The van der Waals surface area contributed by atoms with Crippen molar-refractivity contribution in [3.8, 4) is 0 Å². The van der Waals surface area contributed by atoms with Gasteiger partial charge >= 0.3 is 17.9 Å². The molecular formula is C37H56O12. The quantitative estimate of drug-likeness (QED) is 0.135. The number of ether oxygens (including phenoxy) is 3. The number of methoxy groups -OCH3 is 1. The maximum atomic E-state index is 13.1. The van der Waals surface area contributed by atoms with Gasteiger partial charge in [-0.1, -0.05) is 39.3 Å². The molecular weight excluding hydrogens is 636 g/mol. The fourth-order valence-electron chi connectivity index (χ4n) is 12.5. The first-order chi connectivity index (χ1) is 22.8. The second-order valence-corrected chi connectivity index (χ2v) is 17.6. The van der Waals surface area contributed by atoms with Crippen LogP contribution in [0.3, 0.4) is 0 Å². The molecule has 276 valence electrons. The summed E-state index contributed by atoms with van der Waals surface area (Å²) in [6.45, 7) is 10.6. The van der Waals surface area contributed by atoms with Gasteiger partial charge in [-0.15, -0.1) is 0 Å². The number of carboxylic acid groups (broad SMARTS) is 2. The van der Waals surface area contributed by atoms with Crippen molar-refractivity contribution in [2.75, 3.05) is 13.7 Å². The molecule has 0 aromatic rings. The van der Waals surface area contributed by atoms with E-state index in [2.05, 4.69) is 26.8 Å². The van der Waals surface area contributed by atoms with Crippen molar-refractivity contribution in [2.24, 2.45) is 50.2 Å². The molecule has 0 radical (unpaired) electrons. The van der Waals surface area contributed by atoms with E-state index >= 15 is 0 Å². The van der Waals surface area contributed by atoms with Gasteiger partial charge in [-0.2, -0.15) is 0 Å². The Bertz CT molecular complexity index is 1400. The summed E-state index contributed by atoms with van der Waals surface area (Å²) in [5.41, 5.74) is -2.01. The number of rotatable bonds is 6. The number of aliphatic hydroxyl groups excluding tert-OH is 4. The highest BCUT2D eigenvalue weighted by atomic mass is 16.7. The molecule has 4 saturated carbocycles. The van der Waals surface area contributed by atoms with Crippen LogP contribution in [0.2, 0.25) is 0 Å². The smallest absolute Gasteiger partial charge is 0.335 e. The molecule has 0 unspecified atom stereocenters. The molecule has 0 aromatic carbocycles. The first-order valence-corrected chi connectivity index (χ1v) is 18.0. The summed E-state index contributed by atoms with van der Waals surface area (Å²) in [4.78, 5) is 37.8. The molecule has 0 bridgehead atoms. The van der Waals surface area contributed by atoms with Crippen LogP contribution in [-0.2, 0) is 28.6 Å². The molecule has 0 spiro atoms. The van der Waals surface area contributed by atoms with E-state index in [1.54, 1.807) is 0 Å². The molecule has 6 aliphatic rings. The number of allylic oxidation sites excluding steroid dienone is 2. The summed E-state index contributed by atoms with van der Waals surface area (Å²) in [6, 6.07) is 0. The molecule has 5 aliphatic carbocycles. The number of carboxylic acids is 2. The predicted molar refractivity (Wildman–Crippen MR) is 174 cm³/mol. The summed E-state index contributed by atoms with van der Waals surface area (Å²) in [6.07, 6.45) is -0.651. The van der Waals surface area contributed by atoms with Crippen molar-refractivity contribution in [1.29, 1.82) is 0 Å². The number of hydrogen-bond acceptors (Lipinski definition) is 10. The summed E-state index contributed by atoms with van der Waals surface area (Å²) in [5, 5.41) is 62.6. The molecule has 12 heteroatoms. The zero-order chi connectivity index (χ0) is 36.1. The van der Waals surface area contributed by atoms with Crippen LogP contribution in [0.1, 0.15) is 98.8 Å². The number of carbonyl (C=O) groups excluding carboxylic acids is 1. The van der Waals surface area contributed by atoms with Crippen LogP contribution in [0.4, 0.5) is 0 Å². The van der Waals surface area contributed by atoms with Gasteiger partial charge in [0.2, 0.25) is 0 Å². The number of hydrogen-bond donors (Lipinski definition) is 6. The van der Waals surface area contributed by atoms with Crippen LogP contribution in [0, 0.1) is 50.2 Å². The monoisotopic (exact) mass is 692 g/mol. The van der Waals surface area contributed by atoms with Gasteiger partial charge in [0, 0.05) is 5.41 Å². The minimum atomic E-state index is -1.82. The summed E-state index contributed by atoms with van der Waals surface area (Å²) >= 11 is 0. The molecule has 15 atom stereocenters. The van der Waals surface area contributed by atoms with Crippen molar-refractivity contribution in [3.05, 3.63) is 11.6 Å². The first-order valence-electron chi connectivity index (χ1n) is 18.0. The average molecular weight is 693 g/mol. The molecule has 5 fully saturated rings. The molecule has 1 heterocycles. The highest BCUT2D eigenvalue weighted by Crippen LogP contribution is 2.76. The highest BCUT2D eigenvalue weighted by molar-refractivity contribution is 5.80. The minimum absolute atomic E-state index is 0.00843. The lowest BCUT2D eigenvalue weighted by Crippen LogP contribution is -2.67. The van der Waals surface area contributed by atoms with E-state index in [1.165, 1.54) is 12.7 Å². The Hall–Kier alpha value is -2.09. The van der Waals surface area contributed by atoms with Gasteiger partial charge < -0.3 is 44.8 Å². The van der Waals surface area contributed by atoms with Crippen molar-refractivity contribution < 1.29 is 59.2 Å². The minimum Gasteiger partial charge on any atom is -0.481 e. The Balaban J connectivity index is 1.32. The number of esters is 1. The Kier molecular flexibility index (Phi) is 8.97. The van der Waals surface area contributed by atoms with Gasteiger partial charge in [0.1, 0.15) is 18.3 Å². The molecule has 12 nitrogen and oxygen atoms in total. The number of aliphatic hydroxyl groups is 4. The number of fused-ring (bicyclic) bond motifs is 7. The van der Waals surface area contributed by atoms with Crippen molar-refractivity contribution in [3.63, 3.8) is 0 Å². The number of carbonyl (C=O) groups is 3. The lowest BCUT2D eigenvalue weighted by atomic mass is 9.33. The lowest BCUT2D eigenvalue weighted by Gasteiger charge is -2.71. The molecule has 49 heavy (non-hydrogen) atoms. The SMILES string of the molecule is COC(=O)[C@@]1(C)CC[C@]2(C(=O)O)CC[C@]3(C)C(=CC[C@@H]4[C@@]5(C)CC[C@H](O[C@@H]6O[C@H](C(=O)O)[C@@H](O)[C@H](O)[C@H]6O)[C@@](C)(CO)[C@@H]5CC[C@]43C)[C@@H]2C1. The van der Waals surface area contributed by atoms with Crippen LogP contribution in [0.5, 0.6) is 0 Å². The Morgan fingerprint density at radius 2 is 1.55 bits per heavy atom. The Labute approximate surface area is 288 Å². The number of aliphatic carboxylic acids is 2. The molecule has 6 rings (SSSR count). The average Bonchev–Trinajstić information content (AvgIpc) is 3.05. The van der Waals surface area contributed by atoms with Crippen molar-refractivity contribution in [1.82, 2.24) is 0 Å². The third kappa shape index (κ3) is 4.94. The van der Waals surface area contributed by atoms with E-state index in [0.717, 1.165) is 32.1 Å². The summed E-state index contributed by atoms with van der Waals surface area (Å²) in [7, 11) is 1.40. The summed E-state index contributed by atoms with van der Waals surface area (Å²) in [5.74, 6) is -2.63. The van der Waals surface area contributed by atoms with E-state index in [4.69, 9.17) is 14.2 Å². The molecule has 0 aromatic heterocycles.